The maximum atomic E-state index is 11.9. The van der Waals surface area contributed by atoms with Crippen LogP contribution in [-0.2, 0) is 28.9 Å². The van der Waals surface area contributed by atoms with Gasteiger partial charge in [-0.15, -0.1) is 10.1 Å². The van der Waals surface area contributed by atoms with Gasteiger partial charge in [-0.25, -0.2) is 4.89 Å². The summed E-state index contributed by atoms with van der Waals surface area (Å²) in [5.41, 5.74) is 0.823. The van der Waals surface area contributed by atoms with E-state index in [4.69, 9.17) is 24.1 Å². The lowest BCUT2D eigenvalue weighted by Crippen LogP contribution is -2.58. The van der Waals surface area contributed by atoms with Gasteiger partial charge in [0.1, 0.15) is 12.1 Å². The maximum absolute atomic E-state index is 11.9. The van der Waals surface area contributed by atoms with Crippen molar-refractivity contribution < 1.29 is 28.9 Å². The summed E-state index contributed by atoms with van der Waals surface area (Å²) in [6.07, 6.45) is 16.5. The normalized spacial score (nSPS) is 41.8. The second-order valence-electron chi connectivity index (χ2n) is 14.7. The Kier molecular flexibility index (Phi) is 9.58. The molecule has 9 atom stereocenters. The lowest BCUT2D eigenvalue weighted by Gasteiger charge is -2.59. The van der Waals surface area contributed by atoms with E-state index in [1.807, 2.05) is 0 Å². The Morgan fingerprint density at radius 1 is 1.07 bits per heavy atom. The van der Waals surface area contributed by atoms with Crippen molar-refractivity contribution in [1.82, 2.24) is 5.06 Å². The van der Waals surface area contributed by atoms with E-state index in [1.54, 1.807) is 6.92 Å². The van der Waals surface area contributed by atoms with Crippen LogP contribution >= 0.6 is 0 Å². The molecule has 1 heterocycles. The summed E-state index contributed by atoms with van der Waals surface area (Å²) in [7, 11) is 1.44. The molecule has 0 aromatic carbocycles. The van der Waals surface area contributed by atoms with Gasteiger partial charge in [0.15, 0.2) is 0 Å². The number of ether oxygens (including phenoxy) is 3. The zero-order valence-electron chi connectivity index (χ0n) is 26.3. The van der Waals surface area contributed by atoms with Crippen molar-refractivity contribution >= 4 is 5.97 Å². The third-order valence-corrected chi connectivity index (χ3v) is 12.3. The molecule has 1 spiro atoms. The Labute approximate surface area is 243 Å². The SMILES string of the molecule is CCOC(=O)CN(CCOC1CCC2(C)C3CCC4(C)C(CCCCC(C)C)CCC4C3CC3OC32C1)OOC. The zero-order chi connectivity index (χ0) is 28.5. The minimum absolute atomic E-state index is 0.00727. The van der Waals surface area contributed by atoms with E-state index in [9.17, 15) is 4.79 Å². The summed E-state index contributed by atoms with van der Waals surface area (Å²) in [6.45, 7) is 13.1. The predicted molar refractivity (Wildman–Crippen MR) is 154 cm³/mol. The van der Waals surface area contributed by atoms with Gasteiger partial charge in [-0.05, 0) is 93.3 Å². The Bertz CT molecular complexity index is 868. The number of carbonyl (C=O) groups excluding carboxylic acids is 1. The van der Waals surface area contributed by atoms with E-state index < -0.39 is 0 Å². The van der Waals surface area contributed by atoms with Gasteiger partial charge >= 0.3 is 5.97 Å². The number of nitrogens with zero attached hydrogens (tertiary/aromatic N) is 1. The molecule has 4 aliphatic carbocycles. The molecular formula is C33H57NO6. The van der Waals surface area contributed by atoms with Crippen molar-refractivity contribution in [2.45, 2.75) is 129 Å². The van der Waals surface area contributed by atoms with Crippen molar-refractivity contribution in [3.63, 3.8) is 0 Å². The fraction of sp³-hybridized carbons (Fsp3) is 0.970. The number of hydrogen-bond donors (Lipinski definition) is 0. The molecule has 0 radical (unpaired) electrons. The number of epoxide rings is 1. The molecule has 5 aliphatic rings. The van der Waals surface area contributed by atoms with Gasteiger partial charge in [-0.2, -0.15) is 0 Å². The fourth-order valence-corrected chi connectivity index (χ4v) is 10.2. The van der Waals surface area contributed by atoms with Crippen LogP contribution in [0.5, 0.6) is 0 Å². The van der Waals surface area contributed by atoms with E-state index in [2.05, 4.69) is 27.7 Å². The van der Waals surface area contributed by atoms with Gasteiger partial charge in [0.05, 0.1) is 39.1 Å². The van der Waals surface area contributed by atoms with E-state index >= 15 is 0 Å². The van der Waals surface area contributed by atoms with Gasteiger partial charge in [0.2, 0.25) is 0 Å². The van der Waals surface area contributed by atoms with E-state index in [1.165, 1.54) is 76.4 Å². The molecule has 40 heavy (non-hydrogen) atoms. The number of hydroxylamine groups is 2. The summed E-state index contributed by atoms with van der Waals surface area (Å²) in [5.74, 6) is 3.95. The number of fused-ring (bicyclic) bond motifs is 4. The van der Waals surface area contributed by atoms with Crippen molar-refractivity contribution in [1.29, 1.82) is 0 Å². The second-order valence-corrected chi connectivity index (χ2v) is 14.7. The van der Waals surface area contributed by atoms with Crippen LogP contribution in [0.4, 0.5) is 0 Å². The topological polar surface area (TPSA) is 69.8 Å². The first-order valence-electron chi connectivity index (χ1n) is 16.6. The molecule has 5 fully saturated rings. The Hall–Kier alpha value is -0.730. The molecule has 5 rings (SSSR count). The van der Waals surface area contributed by atoms with Gasteiger partial charge in [0.25, 0.3) is 0 Å². The zero-order valence-corrected chi connectivity index (χ0v) is 26.3. The van der Waals surface area contributed by atoms with E-state index in [0.717, 1.165) is 42.4 Å². The highest BCUT2D eigenvalue weighted by Crippen LogP contribution is 2.74. The van der Waals surface area contributed by atoms with Crippen LogP contribution in [0.2, 0.25) is 0 Å². The monoisotopic (exact) mass is 563 g/mol. The second kappa shape index (κ2) is 12.5. The standard InChI is InChI=1S/C33H57NO6/c1-7-37-30(35)22-34(40-36-6)18-19-38-25-14-17-32(5)28-15-16-31(4)24(11-9-8-10-23(2)3)12-13-27(31)26(28)20-29-33(32,21-25)39-29/h23-29H,7-22H2,1-6H3. The summed E-state index contributed by atoms with van der Waals surface area (Å²) in [6, 6.07) is 0. The lowest BCUT2D eigenvalue weighted by molar-refractivity contribution is -0.412. The van der Waals surface area contributed by atoms with Crippen LogP contribution < -0.4 is 0 Å². The molecule has 1 saturated heterocycles. The number of esters is 1. The van der Waals surface area contributed by atoms with Crippen molar-refractivity contribution in [2.75, 3.05) is 33.4 Å². The summed E-state index contributed by atoms with van der Waals surface area (Å²) < 4.78 is 18.2. The Morgan fingerprint density at radius 3 is 2.65 bits per heavy atom. The smallest absolute Gasteiger partial charge is 0.322 e. The number of unbranched alkanes of at least 4 members (excludes halogenated alkanes) is 1. The molecule has 1 aliphatic heterocycles. The molecule has 0 bridgehead atoms. The first kappa shape index (κ1) is 30.7. The fourth-order valence-electron chi connectivity index (χ4n) is 10.2. The van der Waals surface area contributed by atoms with Crippen LogP contribution in [0.3, 0.4) is 0 Å². The number of hydrogen-bond acceptors (Lipinski definition) is 7. The maximum Gasteiger partial charge on any atom is 0.322 e. The highest BCUT2D eigenvalue weighted by molar-refractivity contribution is 5.71. The molecular weight excluding hydrogens is 506 g/mol. The van der Waals surface area contributed by atoms with Crippen LogP contribution in [-0.4, -0.2) is 62.3 Å². The van der Waals surface area contributed by atoms with E-state index in [-0.39, 0.29) is 29.6 Å². The number of rotatable bonds is 14. The van der Waals surface area contributed by atoms with Crippen LogP contribution in [0.1, 0.15) is 112 Å². The van der Waals surface area contributed by atoms with Crippen molar-refractivity contribution in [3.8, 4) is 0 Å². The minimum atomic E-state index is -0.332. The van der Waals surface area contributed by atoms with Crippen LogP contribution in [0, 0.1) is 40.4 Å². The molecule has 7 nitrogen and oxygen atoms in total. The third kappa shape index (κ3) is 5.76. The highest BCUT2D eigenvalue weighted by Gasteiger charge is 2.76. The molecule has 230 valence electrons. The molecule has 0 aromatic rings. The minimum Gasteiger partial charge on any atom is -0.465 e. The summed E-state index contributed by atoms with van der Waals surface area (Å²) in [5, 5.41) is 1.46. The third-order valence-electron chi connectivity index (χ3n) is 12.3. The average Bonchev–Trinajstić information content (AvgIpc) is 3.50. The van der Waals surface area contributed by atoms with Gasteiger partial charge in [0, 0.05) is 11.8 Å². The molecule has 7 heteroatoms. The molecule has 4 saturated carbocycles. The largest absolute Gasteiger partial charge is 0.465 e. The van der Waals surface area contributed by atoms with Gasteiger partial charge in [-0.3, -0.25) is 4.79 Å². The molecule has 0 amide bonds. The lowest BCUT2D eigenvalue weighted by atomic mass is 9.44. The van der Waals surface area contributed by atoms with Crippen molar-refractivity contribution in [3.05, 3.63) is 0 Å². The summed E-state index contributed by atoms with van der Waals surface area (Å²) in [4.78, 5) is 21.8. The first-order chi connectivity index (χ1) is 19.2. The molecule has 0 aromatic heterocycles. The highest BCUT2D eigenvalue weighted by atomic mass is 17.3. The van der Waals surface area contributed by atoms with Crippen molar-refractivity contribution in [2.24, 2.45) is 40.4 Å². The predicted octanol–water partition coefficient (Wildman–Crippen LogP) is 6.74. The quantitative estimate of drug-likeness (QED) is 0.0762. The molecule has 9 unspecified atom stereocenters. The molecule has 0 N–H and O–H groups in total. The number of carbonyl (C=O) groups is 1. The van der Waals surface area contributed by atoms with Gasteiger partial charge < -0.3 is 14.2 Å². The summed E-state index contributed by atoms with van der Waals surface area (Å²) >= 11 is 0. The van der Waals surface area contributed by atoms with Crippen LogP contribution in [0.15, 0.2) is 0 Å². The Morgan fingerprint density at radius 2 is 1.90 bits per heavy atom. The van der Waals surface area contributed by atoms with Crippen LogP contribution in [0.25, 0.3) is 0 Å². The Balaban J connectivity index is 1.15. The van der Waals surface area contributed by atoms with Gasteiger partial charge in [-0.1, -0.05) is 47.0 Å². The average molecular weight is 564 g/mol. The van der Waals surface area contributed by atoms with E-state index in [0.29, 0.717) is 31.3 Å². The first-order valence-corrected chi connectivity index (χ1v) is 16.6.